The van der Waals surface area contributed by atoms with Gasteiger partial charge in [0, 0.05) is 56.6 Å². The molecule has 2 N–H and O–H groups in total. The number of hydrogen-bond acceptors (Lipinski definition) is 13. The van der Waals surface area contributed by atoms with E-state index in [1.165, 1.54) is 0 Å². The van der Waals surface area contributed by atoms with Gasteiger partial charge in [-0.05, 0) is 138 Å². The summed E-state index contributed by atoms with van der Waals surface area (Å²) in [5, 5.41) is 12.3. The number of aliphatic hydroxyl groups excluding tert-OH is 1. The maximum Gasteiger partial charge on any atom is 0.254 e. The molecule has 11 rings (SSSR count). The molecule has 1 aromatic rings. The lowest BCUT2D eigenvalue weighted by Gasteiger charge is -2.60. The number of ketones is 1. The van der Waals surface area contributed by atoms with E-state index in [0.717, 1.165) is 50.6 Å². The first-order chi connectivity index (χ1) is 30.5. The van der Waals surface area contributed by atoms with Crippen molar-refractivity contribution in [3.63, 3.8) is 0 Å². The van der Waals surface area contributed by atoms with Crippen LogP contribution in [0.1, 0.15) is 129 Å². The molecular weight excluding hydrogens is 823 g/mol. The number of anilines is 1. The molecule has 15 heteroatoms. The lowest BCUT2D eigenvalue weighted by Crippen LogP contribution is -2.70. The molecule has 10 fully saturated rings. The van der Waals surface area contributed by atoms with E-state index in [4.69, 9.17) is 38.5 Å². The topological polar surface area (TPSA) is 164 Å². The number of benzene rings is 1. The largest absolute Gasteiger partial charge is 0.389 e. The van der Waals surface area contributed by atoms with Crippen LogP contribution in [-0.4, -0.2) is 115 Å². The molecule has 1 aromatic carbocycles. The standard InChI is InChI=1S/C49H73N3O12/c1-28-11-17-37-30(3)40(57-44-48(37)35(28)21-23-46(5,59-44)61-63-48)10-9-25-52(43(56)32-13-15-33(16-14-32)51(7)8)39(42(55)50-26-34(54)27-53)19-20-41-31(4)38-18-12-29(2)36-22-24-47(6)60-45(58-41)49(36,38)64-62-47/h13-16,28-31,35-41,44-45,53H,9-12,17-27H2,1-8H3,(H,50,55)/t28-,29-,30-,31-,35?,36?,37?,38?,39?,40-,41-,44-,45-,46+,47+,48-,49-/m1/s1. The van der Waals surface area contributed by atoms with E-state index in [2.05, 4.69) is 33.0 Å². The van der Waals surface area contributed by atoms with Crippen molar-refractivity contribution in [3.8, 4) is 0 Å². The lowest BCUT2D eigenvalue weighted by atomic mass is 9.57. The summed E-state index contributed by atoms with van der Waals surface area (Å²) in [5.41, 5.74) is -0.00328. The Labute approximate surface area is 378 Å². The van der Waals surface area contributed by atoms with Crippen molar-refractivity contribution in [3.05, 3.63) is 29.8 Å². The average Bonchev–Trinajstić information content (AvgIpc) is 3.66. The van der Waals surface area contributed by atoms with Gasteiger partial charge in [-0.1, -0.05) is 27.7 Å². The van der Waals surface area contributed by atoms with Gasteiger partial charge in [-0.15, -0.1) is 0 Å². The van der Waals surface area contributed by atoms with Gasteiger partial charge >= 0.3 is 0 Å². The van der Waals surface area contributed by atoms with Crippen molar-refractivity contribution in [1.29, 1.82) is 0 Å². The second-order valence-corrected chi connectivity index (χ2v) is 21.5. The van der Waals surface area contributed by atoms with E-state index < -0.39 is 59.7 Å². The fraction of sp³-hybridized carbons (Fsp3) is 0.816. The highest BCUT2D eigenvalue weighted by atomic mass is 17.3. The van der Waals surface area contributed by atoms with Crippen LogP contribution in [0, 0.1) is 47.3 Å². The second kappa shape index (κ2) is 17.7. The van der Waals surface area contributed by atoms with E-state index in [1.54, 1.807) is 17.0 Å². The lowest BCUT2D eigenvalue weighted by molar-refractivity contribution is -0.571. The Kier molecular flexibility index (Phi) is 12.9. The van der Waals surface area contributed by atoms with E-state index in [-0.39, 0.29) is 73.1 Å². The molecule has 15 nitrogen and oxygen atoms in total. The summed E-state index contributed by atoms with van der Waals surface area (Å²) in [6.45, 7) is 12.1. The second-order valence-electron chi connectivity index (χ2n) is 21.5. The Balaban J connectivity index is 0.980. The third-order valence-corrected chi connectivity index (χ3v) is 17.4. The molecule has 2 aliphatic carbocycles. The van der Waals surface area contributed by atoms with Crippen LogP contribution in [0.25, 0.3) is 0 Å². The Morgan fingerprint density at radius 1 is 0.734 bits per heavy atom. The first-order valence-corrected chi connectivity index (χ1v) is 24.4. The SMILES string of the molecule is C[C@@H]1CCC2[C@@H](C)[C@@H](CCCN(C(=O)c3ccc(N(C)C)cc3)C(CC[C@H]3O[C@@H]4O[C@]5(C)CCC6[C@H](C)CCC([C@H]3C)[C@]64OO5)C(=O)NCC(=O)CO)O[C@@H]3O[C@]4(C)CCC1[C@@]23OO4. The Morgan fingerprint density at radius 3 is 1.78 bits per heavy atom. The zero-order chi connectivity index (χ0) is 45.3. The Bertz CT molecular complexity index is 1890. The monoisotopic (exact) mass is 896 g/mol. The van der Waals surface area contributed by atoms with Gasteiger partial charge in [-0.2, -0.15) is 0 Å². The number of nitrogens with zero attached hydrogens (tertiary/aromatic N) is 2. The number of carbonyl (C=O) groups is 3. The highest BCUT2D eigenvalue weighted by molar-refractivity contribution is 5.98. The third-order valence-electron chi connectivity index (χ3n) is 17.4. The van der Waals surface area contributed by atoms with Gasteiger partial charge in [0.1, 0.15) is 12.6 Å². The fourth-order valence-corrected chi connectivity index (χ4v) is 13.7. The Hall–Kier alpha value is -2.73. The molecule has 5 unspecified atom stereocenters. The van der Waals surface area contributed by atoms with Gasteiger partial charge in [0.25, 0.3) is 5.91 Å². The van der Waals surface area contributed by atoms with Crippen molar-refractivity contribution < 1.29 is 58.0 Å². The van der Waals surface area contributed by atoms with Crippen molar-refractivity contribution in [2.24, 2.45) is 47.3 Å². The molecule has 64 heavy (non-hydrogen) atoms. The van der Waals surface area contributed by atoms with Crippen molar-refractivity contribution in [1.82, 2.24) is 10.2 Å². The number of amides is 2. The molecule has 4 bridgehead atoms. The first-order valence-electron chi connectivity index (χ1n) is 24.4. The van der Waals surface area contributed by atoms with Crippen LogP contribution in [0.5, 0.6) is 0 Å². The van der Waals surface area contributed by atoms with Gasteiger partial charge in [0.15, 0.2) is 29.6 Å². The maximum absolute atomic E-state index is 14.9. The summed E-state index contributed by atoms with van der Waals surface area (Å²) in [5.74, 6) is -1.28. The summed E-state index contributed by atoms with van der Waals surface area (Å²) < 4.78 is 27.2. The molecule has 8 saturated heterocycles. The number of nitrogens with one attached hydrogen (secondary N) is 1. The third kappa shape index (κ3) is 7.93. The van der Waals surface area contributed by atoms with Crippen LogP contribution >= 0.6 is 0 Å². The van der Waals surface area contributed by atoms with Crippen LogP contribution < -0.4 is 10.2 Å². The maximum atomic E-state index is 14.9. The van der Waals surface area contributed by atoms with Crippen LogP contribution in [-0.2, 0) is 48.1 Å². The predicted octanol–water partition coefficient (Wildman–Crippen LogP) is 6.30. The van der Waals surface area contributed by atoms with E-state index in [0.29, 0.717) is 43.1 Å². The van der Waals surface area contributed by atoms with Gasteiger partial charge in [-0.3, -0.25) is 14.4 Å². The van der Waals surface area contributed by atoms with Gasteiger partial charge in [0.05, 0.1) is 18.8 Å². The smallest absolute Gasteiger partial charge is 0.254 e. The normalized spacial score (nSPS) is 43.5. The minimum atomic E-state index is -0.957. The highest BCUT2D eigenvalue weighted by Crippen LogP contribution is 2.62. The number of rotatable bonds is 14. The van der Waals surface area contributed by atoms with Crippen LogP contribution in [0.4, 0.5) is 5.69 Å². The zero-order valence-electron chi connectivity index (χ0n) is 39.3. The summed E-state index contributed by atoms with van der Waals surface area (Å²) in [6, 6.07) is 6.45. The van der Waals surface area contributed by atoms with Crippen LogP contribution in [0.3, 0.4) is 0 Å². The van der Waals surface area contributed by atoms with Crippen LogP contribution in [0.2, 0.25) is 0 Å². The summed E-state index contributed by atoms with van der Waals surface area (Å²) >= 11 is 0. The fourth-order valence-electron chi connectivity index (χ4n) is 13.7. The number of carbonyl (C=O) groups excluding carboxylic acids is 3. The van der Waals surface area contributed by atoms with Crippen molar-refractivity contribution >= 4 is 23.3 Å². The van der Waals surface area contributed by atoms with Crippen molar-refractivity contribution in [2.75, 3.05) is 38.7 Å². The molecule has 17 atom stereocenters. The minimum Gasteiger partial charge on any atom is -0.389 e. The molecular formula is C49H73N3O12. The number of hydrogen-bond donors (Lipinski definition) is 2. The van der Waals surface area contributed by atoms with Crippen LogP contribution in [0.15, 0.2) is 24.3 Å². The van der Waals surface area contributed by atoms with E-state index >= 15 is 0 Å². The first kappa shape index (κ1) is 46.4. The average molecular weight is 896 g/mol. The summed E-state index contributed by atoms with van der Waals surface area (Å²) in [7, 11) is 3.89. The number of ether oxygens (including phenoxy) is 4. The molecule has 2 amide bonds. The summed E-state index contributed by atoms with van der Waals surface area (Å²) in [4.78, 5) is 70.4. The number of aliphatic hydroxyl groups is 1. The summed E-state index contributed by atoms with van der Waals surface area (Å²) in [6.07, 6.45) is 7.59. The molecule has 0 radical (unpaired) electrons. The molecule has 0 aromatic heterocycles. The number of fused-ring (bicyclic) bond motifs is 4. The van der Waals surface area contributed by atoms with Gasteiger partial charge in [-0.25, -0.2) is 19.6 Å². The molecule has 10 aliphatic rings. The zero-order valence-corrected chi connectivity index (χ0v) is 39.3. The van der Waals surface area contributed by atoms with Gasteiger partial charge in [0.2, 0.25) is 17.5 Å². The van der Waals surface area contributed by atoms with Gasteiger partial charge < -0.3 is 39.2 Å². The van der Waals surface area contributed by atoms with E-state index in [1.807, 2.05) is 45.0 Å². The Morgan fingerprint density at radius 2 is 1.27 bits per heavy atom. The number of Topliss-reactive ketones (excluding diaryl/α,β-unsaturated/α-hetero) is 1. The highest BCUT2D eigenvalue weighted by Gasteiger charge is 2.70. The van der Waals surface area contributed by atoms with Crippen molar-refractivity contribution in [2.45, 2.75) is 172 Å². The van der Waals surface area contributed by atoms with E-state index in [9.17, 15) is 19.5 Å². The quantitative estimate of drug-likeness (QED) is 0.200. The molecule has 8 aliphatic heterocycles. The minimum absolute atomic E-state index is 0.0389. The molecule has 356 valence electrons. The molecule has 2 saturated carbocycles. The predicted molar refractivity (Wildman–Crippen MR) is 233 cm³/mol. The molecule has 8 heterocycles. The molecule has 2 spiro atoms.